The van der Waals surface area contributed by atoms with Crippen molar-refractivity contribution in [1.82, 2.24) is 20.2 Å². The first-order valence-corrected chi connectivity index (χ1v) is 12.0. The van der Waals surface area contributed by atoms with Crippen molar-refractivity contribution in [2.75, 3.05) is 26.4 Å². The zero-order valence-corrected chi connectivity index (χ0v) is 21.5. The number of hydrogen-bond donors (Lipinski definition) is 2. The SMILES string of the molecule is CN=C(NCCCS(=O)(=O)Cc1ccccc1)N(C)Cc1ncc(-c2ccccc2)[nH]1.I. The highest BCUT2D eigenvalue weighted by Gasteiger charge is 2.13. The van der Waals surface area contributed by atoms with Gasteiger partial charge in [-0.2, -0.15) is 0 Å². The van der Waals surface area contributed by atoms with Crippen LogP contribution < -0.4 is 5.32 Å². The van der Waals surface area contributed by atoms with E-state index >= 15 is 0 Å². The zero-order chi connectivity index (χ0) is 22.1. The van der Waals surface area contributed by atoms with Crippen LogP contribution in [0.4, 0.5) is 0 Å². The fourth-order valence-electron chi connectivity index (χ4n) is 3.28. The van der Waals surface area contributed by atoms with Gasteiger partial charge in [0.05, 0.1) is 29.9 Å². The maximum atomic E-state index is 12.3. The van der Waals surface area contributed by atoms with Crippen LogP contribution >= 0.6 is 24.0 Å². The van der Waals surface area contributed by atoms with Crippen molar-refractivity contribution in [3.05, 3.63) is 78.2 Å². The number of nitrogens with one attached hydrogen (secondary N) is 2. The molecule has 32 heavy (non-hydrogen) atoms. The van der Waals surface area contributed by atoms with E-state index in [9.17, 15) is 8.42 Å². The Balaban J connectivity index is 0.00000363. The Hall–Kier alpha value is -2.40. The van der Waals surface area contributed by atoms with Gasteiger partial charge in [-0.1, -0.05) is 60.7 Å². The van der Waals surface area contributed by atoms with Crippen LogP contribution in [0.25, 0.3) is 11.3 Å². The number of aromatic nitrogens is 2. The molecule has 3 aromatic rings. The Kier molecular flexibility index (Phi) is 10.2. The van der Waals surface area contributed by atoms with Gasteiger partial charge in [-0.3, -0.25) is 4.99 Å². The van der Waals surface area contributed by atoms with E-state index in [1.54, 1.807) is 7.05 Å². The van der Waals surface area contributed by atoms with Crippen LogP contribution in [0.1, 0.15) is 17.8 Å². The average molecular weight is 567 g/mol. The summed E-state index contributed by atoms with van der Waals surface area (Å²) in [5.74, 6) is 1.73. The molecule has 0 aliphatic heterocycles. The van der Waals surface area contributed by atoms with Gasteiger partial charge >= 0.3 is 0 Å². The maximum absolute atomic E-state index is 12.3. The van der Waals surface area contributed by atoms with E-state index in [0.717, 1.165) is 22.6 Å². The molecule has 0 atom stereocenters. The number of halogens is 1. The molecule has 1 heterocycles. The number of sulfone groups is 1. The smallest absolute Gasteiger partial charge is 0.193 e. The fraction of sp³-hybridized carbons (Fsp3) is 0.304. The molecule has 0 saturated heterocycles. The standard InChI is InChI=1S/C23H29N5O2S.HI/c1-24-23(25-14-9-15-31(29,30)18-19-10-5-3-6-11-19)28(2)17-22-26-16-21(27-22)20-12-7-4-8-13-20;/h3-8,10-13,16H,9,14-15,17-18H2,1-2H3,(H,24,25)(H,26,27);1H. The molecule has 9 heteroatoms. The fourth-order valence-corrected chi connectivity index (χ4v) is 4.71. The number of aromatic amines is 1. The highest BCUT2D eigenvalue weighted by atomic mass is 127. The molecular weight excluding hydrogens is 537 g/mol. The summed E-state index contributed by atoms with van der Waals surface area (Å²) in [5, 5.41) is 3.23. The van der Waals surface area contributed by atoms with Crippen LogP contribution in [0.5, 0.6) is 0 Å². The van der Waals surface area contributed by atoms with Crippen LogP contribution in [0.2, 0.25) is 0 Å². The van der Waals surface area contributed by atoms with Gasteiger partial charge in [0.2, 0.25) is 0 Å². The quantitative estimate of drug-likeness (QED) is 0.178. The van der Waals surface area contributed by atoms with Gasteiger partial charge in [-0.25, -0.2) is 13.4 Å². The van der Waals surface area contributed by atoms with Crippen molar-refractivity contribution in [2.24, 2.45) is 4.99 Å². The van der Waals surface area contributed by atoms with Gasteiger partial charge in [-0.05, 0) is 17.5 Å². The van der Waals surface area contributed by atoms with Crippen LogP contribution in [0, 0.1) is 0 Å². The number of aliphatic imine (C=N–C) groups is 1. The molecule has 1 aromatic heterocycles. The molecule has 2 aromatic carbocycles. The van der Waals surface area contributed by atoms with Gasteiger partial charge in [0.1, 0.15) is 5.82 Å². The van der Waals surface area contributed by atoms with Gasteiger partial charge in [0.25, 0.3) is 0 Å². The van der Waals surface area contributed by atoms with E-state index in [4.69, 9.17) is 0 Å². The minimum absolute atomic E-state index is 0. The van der Waals surface area contributed by atoms with Gasteiger partial charge < -0.3 is 15.2 Å². The lowest BCUT2D eigenvalue weighted by atomic mass is 10.2. The van der Waals surface area contributed by atoms with Crippen molar-refractivity contribution in [3.8, 4) is 11.3 Å². The van der Waals surface area contributed by atoms with E-state index in [2.05, 4.69) is 20.3 Å². The first-order valence-electron chi connectivity index (χ1n) is 10.2. The van der Waals surface area contributed by atoms with Crippen molar-refractivity contribution < 1.29 is 8.42 Å². The topological polar surface area (TPSA) is 90.4 Å². The Morgan fingerprint density at radius 3 is 2.41 bits per heavy atom. The summed E-state index contributed by atoms with van der Waals surface area (Å²) in [5.41, 5.74) is 2.87. The van der Waals surface area contributed by atoms with Crippen molar-refractivity contribution in [1.29, 1.82) is 0 Å². The Labute approximate surface area is 207 Å². The molecular formula is C23H30IN5O2S. The molecule has 0 unspecified atom stereocenters. The Morgan fingerprint density at radius 1 is 1.09 bits per heavy atom. The Bertz CT molecular complexity index is 1090. The predicted octanol–water partition coefficient (Wildman–Crippen LogP) is 3.71. The normalized spacial score (nSPS) is 11.6. The lowest BCUT2D eigenvalue weighted by Crippen LogP contribution is -2.39. The lowest BCUT2D eigenvalue weighted by molar-refractivity contribution is 0.464. The first kappa shape index (κ1) is 25.9. The predicted molar refractivity (Wildman–Crippen MR) is 141 cm³/mol. The van der Waals surface area contributed by atoms with E-state index in [1.807, 2.05) is 78.8 Å². The summed E-state index contributed by atoms with van der Waals surface area (Å²) in [7, 11) is 0.493. The number of H-pyrrole nitrogens is 1. The second-order valence-corrected chi connectivity index (χ2v) is 9.55. The molecule has 0 radical (unpaired) electrons. The second-order valence-electron chi connectivity index (χ2n) is 7.37. The van der Waals surface area contributed by atoms with Gasteiger partial charge in [-0.15, -0.1) is 24.0 Å². The van der Waals surface area contributed by atoms with Gasteiger partial charge in [0, 0.05) is 20.6 Å². The summed E-state index contributed by atoms with van der Waals surface area (Å²) in [6, 6.07) is 19.3. The molecule has 7 nitrogen and oxygen atoms in total. The minimum Gasteiger partial charge on any atom is -0.356 e. The number of imidazole rings is 1. The third-order valence-electron chi connectivity index (χ3n) is 4.82. The largest absolute Gasteiger partial charge is 0.356 e. The van der Waals surface area contributed by atoms with E-state index < -0.39 is 9.84 Å². The summed E-state index contributed by atoms with van der Waals surface area (Å²) in [4.78, 5) is 14.0. The molecule has 0 aliphatic carbocycles. The zero-order valence-electron chi connectivity index (χ0n) is 18.4. The number of rotatable bonds is 9. The third-order valence-corrected chi connectivity index (χ3v) is 6.50. The molecule has 0 fully saturated rings. The van der Waals surface area contributed by atoms with E-state index in [1.165, 1.54) is 0 Å². The molecule has 0 spiro atoms. The minimum atomic E-state index is -3.14. The Morgan fingerprint density at radius 2 is 1.75 bits per heavy atom. The van der Waals surface area contributed by atoms with Crippen molar-refractivity contribution in [3.63, 3.8) is 0 Å². The average Bonchev–Trinajstić information content (AvgIpc) is 3.23. The van der Waals surface area contributed by atoms with Crippen LogP contribution in [-0.4, -0.2) is 55.6 Å². The summed E-state index contributed by atoms with van der Waals surface area (Å²) in [6.07, 6.45) is 2.34. The van der Waals surface area contributed by atoms with E-state index in [-0.39, 0.29) is 35.5 Å². The number of nitrogens with zero attached hydrogens (tertiary/aromatic N) is 3. The number of guanidine groups is 1. The van der Waals surface area contributed by atoms with Crippen molar-refractivity contribution in [2.45, 2.75) is 18.7 Å². The first-order chi connectivity index (χ1) is 15.0. The molecule has 2 N–H and O–H groups in total. The highest BCUT2D eigenvalue weighted by Crippen LogP contribution is 2.16. The summed E-state index contributed by atoms with van der Waals surface area (Å²) < 4.78 is 24.7. The highest BCUT2D eigenvalue weighted by molar-refractivity contribution is 14.0. The van der Waals surface area contributed by atoms with E-state index in [0.29, 0.717) is 25.5 Å². The second kappa shape index (κ2) is 12.6. The molecule has 0 bridgehead atoms. The summed E-state index contributed by atoms with van der Waals surface area (Å²) in [6.45, 7) is 1.08. The van der Waals surface area contributed by atoms with Crippen LogP contribution in [0.3, 0.4) is 0 Å². The number of benzene rings is 2. The van der Waals surface area contributed by atoms with Gasteiger partial charge in [0.15, 0.2) is 15.8 Å². The molecule has 0 saturated carbocycles. The lowest BCUT2D eigenvalue weighted by Gasteiger charge is -2.21. The third kappa shape index (κ3) is 7.94. The molecule has 172 valence electrons. The molecule has 0 amide bonds. The molecule has 3 rings (SSSR count). The maximum Gasteiger partial charge on any atom is 0.193 e. The number of hydrogen-bond acceptors (Lipinski definition) is 4. The van der Waals surface area contributed by atoms with Crippen LogP contribution in [0.15, 0.2) is 71.9 Å². The molecule has 0 aliphatic rings. The monoisotopic (exact) mass is 567 g/mol. The van der Waals surface area contributed by atoms with Crippen molar-refractivity contribution >= 4 is 39.8 Å². The summed E-state index contributed by atoms with van der Waals surface area (Å²) >= 11 is 0. The van der Waals surface area contributed by atoms with Crippen LogP contribution in [-0.2, 0) is 22.1 Å².